The number of anilines is 1. The average molecular weight is 266 g/mol. The molecule has 7 heteroatoms. The van der Waals surface area contributed by atoms with Gasteiger partial charge in [0.15, 0.2) is 6.10 Å². The van der Waals surface area contributed by atoms with Crippen LogP contribution in [0, 0.1) is 11.3 Å². The van der Waals surface area contributed by atoms with E-state index >= 15 is 0 Å². The maximum atomic E-state index is 11.5. The molecule has 0 aromatic heterocycles. The quantitative estimate of drug-likeness (QED) is 0.863. The van der Waals surface area contributed by atoms with Crippen molar-refractivity contribution >= 4 is 29.3 Å². The van der Waals surface area contributed by atoms with Gasteiger partial charge in [-0.25, -0.2) is 4.79 Å². The summed E-state index contributed by atoms with van der Waals surface area (Å²) in [7, 11) is 0. The van der Waals surface area contributed by atoms with Crippen LogP contribution < -0.4 is 10.6 Å². The summed E-state index contributed by atoms with van der Waals surface area (Å²) < 4.78 is 4.79. The van der Waals surface area contributed by atoms with Crippen LogP contribution in [0.4, 0.5) is 10.5 Å². The van der Waals surface area contributed by atoms with Gasteiger partial charge in [0.25, 0.3) is 5.91 Å². The number of hydrogen-bond acceptors (Lipinski definition) is 4. The van der Waals surface area contributed by atoms with Gasteiger partial charge in [0.2, 0.25) is 0 Å². The van der Waals surface area contributed by atoms with Crippen LogP contribution in [0.3, 0.4) is 0 Å². The van der Waals surface area contributed by atoms with E-state index in [-0.39, 0.29) is 11.6 Å². The highest BCUT2D eigenvalue weighted by atomic mass is 35.5. The predicted octanol–water partition coefficient (Wildman–Crippen LogP) is 1.02. The summed E-state index contributed by atoms with van der Waals surface area (Å²) in [5.74, 6) is -0.703. The summed E-state index contributed by atoms with van der Waals surface area (Å²) in [5, 5.41) is 8.97. The molecule has 1 aliphatic rings. The third-order valence-electron chi connectivity index (χ3n) is 2.51. The molecule has 0 unspecified atom stereocenters. The van der Waals surface area contributed by atoms with Crippen molar-refractivity contribution in [3.63, 3.8) is 0 Å². The fourth-order valence-electron chi connectivity index (χ4n) is 1.58. The number of nitrogens with two attached hydrogens (primary N) is 1. The zero-order valence-corrected chi connectivity index (χ0v) is 9.85. The fourth-order valence-corrected chi connectivity index (χ4v) is 1.80. The Hall–Kier alpha value is -2.26. The van der Waals surface area contributed by atoms with Crippen molar-refractivity contribution in [3.8, 4) is 6.07 Å². The third-order valence-corrected chi connectivity index (χ3v) is 2.83. The molecule has 2 N–H and O–H groups in total. The smallest absolute Gasteiger partial charge is 0.415 e. The van der Waals surface area contributed by atoms with E-state index in [0.717, 1.165) is 0 Å². The van der Waals surface area contributed by atoms with Gasteiger partial charge < -0.3 is 10.5 Å². The van der Waals surface area contributed by atoms with Gasteiger partial charge in [-0.2, -0.15) is 5.26 Å². The summed E-state index contributed by atoms with van der Waals surface area (Å²) in [6.07, 6.45) is -1.63. The highest BCUT2D eigenvalue weighted by Crippen LogP contribution is 2.26. The standard InChI is InChI=1S/C11H8ClN3O3/c12-8-3-7(2-1-6(8)4-13)15-5-9(10(14)16)18-11(15)17/h1-3,9H,5H2,(H2,14,16)/t9-/m0/s1. The molecule has 1 aromatic rings. The number of ether oxygens (including phenoxy) is 1. The molecule has 1 aromatic carbocycles. The minimum atomic E-state index is -0.966. The van der Waals surface area contributed by atoms with Crippen molar-refractivity contribution in [1.82, 2.24) is 0 Å². The molecule has 0 spiro atoms. The van der Waals surface area contributed by atoms with E-state index in [1.165, 1.54) is 17.0 Å². The molecule has 0 aliphatic carbocycles. The number of halogens is 1. The Bertz CT molecular complexity index is 567. The molecule has 2 rings (SSSR count). The van der Waals surface area contributed by atoms with Gasteiger partial charge in [-0.15, -0.1) is 0 Å². The van der Waals surface area contributed by atoms with Crippen molar-refractivity contribution in [3.05, 3.63) is 28.8 Å². The summed E-state index contributed by atoms with van der Waals surface area (Å²) in [6, 6.07) is 6.41. The van der Waals surface area contributed by atoms with Gasteiger partial charge in [-0.05, 0) is 18.2 Å². The number of carbonyl (C=O) groups excluding carboxylic acids is 2. The maximum absolute atomic E-state index is 11.5. The summed E-state index contributed by atoms with van der Waals surface area (Å²) in [6.45, 7) is 0.0381. The molecule has 1 fully saturated rings. The third kappa shape index (κ3) is 2.08. The molecule has 92 valence electrons. The molecular weight excluding hydrogens is 258 g/mol. The first-order valence-electron chi connectivity index (χ1n) is 5.00. The molecule has 6 nitrogen and oxygen atoms in total. The van der Waals surface area contributed by atoms with Crippen LogP contribution in [0.25, 0.3) is 0 Å². The first kappa shape index (κ1) is 12.2. The second-order valence-electron chi connectivity index (χ2n) is 3.66. The van der Waals surface area contributed by atoms with Crippen LogP contribution >= 0.6 is 11.6 Å². The second-order valence-corrected chi connectivity index (χ2v) is 4.07. The van der Waals surface area contributed by atoms with Crippen LogP contribution in [0.1, 0.15) is 5.56 Å². The summed E-state index contributed by atoms with van der Waals surface area (Å²) >= 11 is 5.86. The number of nitriles is 1. The largest absolute Gasteiger partial charge is 0.434 e. The van der Waals surface area contributed by atoms with Crippen molar-refractivity contribution in [2.75, 3.05) is 11.4 Å². The monoisotopic (exact) mass is 265 g/mol. The van der Waals surface area contributed by atoms with E-state index in [1.54, 1.807) is 6.07 Å². The van der Waals surface area contributed by atoms with Crippen molar-refractivity contribution in [1.29, 1.82) is 5.26 Å². The summed E-state index contributed by atoms with van der Waals surface area (Å²) in [4.78, 5) is 23.7. The van der Waals surface area contributed by atoms with Crippen LogP contribution in [0.2, 0.25) is 5.02 Å². The van der Waals surface area contributed by atoms with E-state index in [0.29, 0.717) is 11.3 Å². The van der Waals surface area contributed by atoms with Crippen LogP contribution in [-0.4, -0.2) is 24.6 Å². The Balaban J connectivity index is 2.28. The number of primary amides is 1. The number of rotatable bonds is 2. The Morgan fingerprint density at radius 1 is 1.61 bits per heavy atom. The van der Waals surface area contributed by atoms with E-state index < -0.39 is 18.1 Å². The molecule has 1 aliphatic heterocycles. The van der Waals surface area contributed by atoms with Crippen molar-refractivity contribution in [2.24, 2.45) is 5.73 Å². The van der Waals surface area contributed by atoms with Crippen LogP contribution in [-0.2, 0) is 9.53 Å². The SMILES string of the molecule is N#Cc1ccc(N2C[C@@H](C(N)=O)OC2=O)cc1Cl. The Morgan fingerprint density at radius 3 is 2.83 bits per heavy atom. The molecule has 0 bridgehead atoms. The Labute approximate surface area is 107 Å². The molecule has 1 atom stereocenters. The lowest BCUT2D eigenvalue weighted by Gasteiger charge is -2.13. The van der Waals surface area contributed by atoms with E-state index in [2.05, 4.69) is 0 Å². The Kier molecular flexibility index (Phi) is 3.08. The summed E-state index contributed by atoms with van der Waals surface area (Å²) in [5.41, 5.74) is 5.82. The van der Waals surface area contributed by atoms with Crippen molar-refractivity contribution < 1.29 is 14.3 Å². The van der Waals surface area contributed by atoms with E-state index in [4.69, 9.17) is 27.3 Å². The van der Waals surface area contributed by atoms with Gasteiger partial charge in [0, 0.05) is 5.69 Å². The minimum Gasteiger partial charge on any atom is -0.434 e. The number of cyclic esters (lactones) is 1. The number of amides is 2. The molecule has 1 saturated heterocycles. The molecule has 18 heavy (non-hydrogen) atoms. The molecule has 0 saturated carbocycles. The fraction of sp³-hybridized carbons (Fsp3) is 0.182. The number of nitrogens with zero attached hydrogens (tertiary/aromatic N) is 2. The topological polar surface area (TPSA) is 96.4 Å². The zero-order chi connectivity index (χ0) is 13.3. The lowest BCUT2D eigenvalue weighted by molar-refractivity contribution is -0.124. The lowest BCUT2D eigenvalue weighted by atomic mass is 10.2. The molecule has 2 amide bonds. The average Bonchev–Trinajstić information content (AvgIpc) is 2.71. The first-order valence-corrected chi connectivity index (χ1v) is 5.38. The second kappa shape index (κ2) is 4.55. The number of hydrogen-bond donors (Lipinski definition) is 1. The zero-order valence-electron chi connectivity index (χ0n) is 9.09. The number of carbonyl (C=O) groups is 2. The molecule has 1 heterocycles. The van der Waals surface area contributed by atoms with Gasteiger partial charge in [-0.3, -0.25) is 9.69 Å². The van der Waals surface area contributed by atoms with Gasteiger partial charge in [-0.1, -0.05) is 11.6 Å². The van der Waals surface area contributed by atoms with Gasteiger partial charge in [0.05, 0.1) is 17.1 Å². The highest BCUT2D eigenvalue weighted by molar-refractivity contribution is 6.32. The predicted molar refractivity (Wildman–Crippen MR) is 63.0 cm³/mol. The first-order chi connectivity index (χ1) is 8.52. The minimum absolute atomic E-state index is 0.0381. The highest BCUT2D eigenvalue weighted by Gasteiger charge is 2.35. The Morgan fingerprint density at radius 2 is 2.33 bits per heavy atom. The van der Waals surface area contributed by atoms with E-state index in [9.17, 15) is 9.59 Å². The van der Waals surface area contributed by atoms with Gasteiger partial charge in [0.1, 0.15) is 6.07 Å². The molecular formula is C11H8ClN3O3. The van der Waals surface area contributed by atoms with Crippen molar-refractivity contribution in [2.45, 2.75) is 6.10 Å². The van der Waals surface area contributed by atoms with Gasteiger partial charge >= 0.3 is 6.09 Å². The van der Waals surface area contributed by atoms with Crippen LogP contribution in [0.15, 0.2) is 18.2 Å². The number of benzene rings is 1. The van der Waals surface area contributed by atoms with E-state index in [1.807, 2.05) is 6.07 Å². The van der Waals surface area contributed by atoms with Crippen LogP contribution in [0.5, 0.6) is 0 Å². The molecule has 0 radical (unpaired) electrons. The lowest BCUT2D eigenvalue weighted by Crippen LogP contribution is -2.32. The normalized spacial score (nSPS) is 18.3. The maximum Gasteiger partial charge on any atom is 0.415 e.